The molecule has 1 aliphatic carbocycles. The molecule has 0 N–H and O–H groups in total. The lowest BCUT2D eigenvalue weighted by atomic mass is 9.96. The predicted molar refractivity (Wildman–Crippen MR) is 62.2 cm³/mol. The van der Waals surface area contributed by atoms with Crippen molar-refractivity contribution in [1.82, 2.24) is 0 Å². The van der Waals surface area contributed by atoms with E-state index in [9.17, 15) is 4.79 Å². The molecule has 80 valence electrons. The van der Waals surface area contributed by atoms with Gasteiger partial charge in [-0.05, 0) is 37.3 Å². The summed E-state index contributed by atoms with van der Waals surface area (Å²) in [5, 5.41) is 0. The molecule has 0 aromatic heterocycles. The maximum Gasteiger partial charge on any atom is 0.163 e. The number of Topliss-reactive ketones (excluding diaryl/α,β-unsaturated/α-hetero) is 1. The lowest BCUT2D eigenvalue weighted by Gasteiger charge is -2.07. The first-order valence-electron chi connectivity index (χ1n) is 5.78. The van der Waals surface area contributed by atoms with Gasteiger partial charge in [-0.1, -0.05) is 31.0 Å². The number of benzene rings is 1. The van der Waals surface area contributed by atoms with Crippen molar-refractivity contribution in [3.05, 3.63) is 34.9 Å². The van der Waals surface area contributed by atoms with E-state index in [0.29, 0.717) is 5.78 Å². The molecule has 0 amide bonds. The normalized spacial score (nSPS) is 15.3. The summed E-state index contributed by atoms with van der Waals surface area (Å²) >= 11 is 0. The van der Waals surface area contributed by atoms with Crippen molar-refractivity contribution in [1.29, 1.82) is 0 Å². The fraction of sp³-hybridized carbons (Fsp3) is 0.500. The molecule has 0 spiro atoms. The highest BCUT2D eigenvalue weighted by Crippen LogP contribution is 2.34. The molecule has 0 aliphatic heterocycles. The van der Waals surface area contributed by atoms with E-state index >= 15 is 0 Å². The van der Waals surface area contributed by atoms with Gasteiger partial charge in [-0.3, -0.25) is 4.79 Å². The molecule has 2 rings (SSSR count). The van der Waals surface area contributed by atoms with Crippen LogP contribution in [0.1, 0.15) is 47.2 Å². The molecule has 1 saturated carbocycles. The molecular weight excluding hydrogens is 184 g/mol. The maximum absolute atomic E-state index is 12.0. The second kappa shape index (κ2) is 4.18. The van der Waals surface area contributed by atoms with Crippen LogP contribution in [0.2, 0.25) is 0 Å². The van der Waals surface area contributed by atoms with Gasteiger partial charge in [0.05, 0.1) is 0 Å². The molecule has 1 aromatic carbocycles. The Bertz CT molecular complexity index is 355. The van der Waals surface area contributed by atoms with Crippen LogP contribution in [0, 0.1) is 19.8 Å². The van der Waals surface area contributed by atoms with Gasteiger partial charge in [0.2, 0.25) is 0 Å². The van der Waals surface area contributed by atoms with Crippen molar-refractivity contribution in [2.24, 2.45) is 5.92 Å². The number of carbonyl (C=O) groups excluding carboxylic acids is 1. The van der Waals surface area contributed by atoms with Gasteiger partial charge in [0.1, 0.15) is 0 Å². The van der Waals surface area contributed by atoms with Crippen molar-refractivity contribution in [3.63, 3.8) is 0 Å². The third-order valence-electron chi connectivity index (χ3n) is 3.24. The number of aryl methyl sites for hydroxylation is 2. The number of rotatable bonds is 4. The van der Waals surface area contributed by atoms with Crippen molar-refractivity contribution in [2.45, 2.75) is 39.5 Å². The fourth-order valence-corrected chi connectivity index (χ4v) is 2.12. The minimum absolute atomic E-state index is 0.331. The minimum Gasteiger partial charge on any atom is -0.294 e. The largest absolute Gasteiger partial charge is 0.294 e. The molecule has 0 radical (unpaired) electrons. The third-order valence-corrected chi connectivity index (χ3v) is 3.24. The Morgan fingerprint density at radius 1 is 1.27 bits per heavy atom. The molecule has 1 aromatic rings. The average Bonchev–Trinajstić information content (AvgIpc) is 2.97. The Morgan fingerprint density at radius 2 is 1.87 bits per heavy atom. The molecular formula is C14H18O. The van der Waals surface area contributed by atoms with E-state index in [1.54, 1.807) is 0 Å². The van der Waals surface area contributed by atoms with Gasteiger partial charge in [-0.2, -0.15) is 0 Å². The highest BCUT2D eigenvalue weighted by Gasteiger charge is 2.22. The zero-order valence-electron chi connectivity index (χ0n) is 9.55. The van der Waals surface area contributed by atoms with Crippen molar-refractivity contribution < 1.29 is 4.79 Å². The first-order chi connectivity index (χ1) is 7.18. The summed E-state index contributed by atoms with van der Waals surface area (Å²) in [6, 6.07) is 6.07. The molecule has 0 atom stereocenters. The van der Waals surface area contributed by atoms with Gasteiger partial charge in [-0.15, -0.1) is 0 Å². The summed E-state index contributed by atoms with van der Waals surface area (Å²) in [5.74, 6) is 1.18. The first kappa shape index (κ1) is 10.4. The van der Waals surface area contributed by atoms with E-state index in [1.807, 2.05) is 32.0 Å². The summed E-state index contributed by atoms with van der Waals surface area (Å²) < 4.78 is 0. The van der Waals surface area contributed by atoms with Crippen LogP contribution in [0.3, 0.4) is 0 Å². The van der Waals surface area contributed by atoms with E-state index in [2.05, 4.69) is 0 Å². The Kier molecular flexibility index (Phi) is 2.90. The molecule has 1 nitrogen and oxygen atoms in total. The molecule has 15 heavy (non-hydrogen) atoms. The quantitative estimate of drug-likeness (QED) is 0.681. The van der Waals surface area contributed by atoms with Crippen LogP contribution in [0.4, 0.5) is 0 Å². The fourth-order valence-electron chi connectivity index (χ4n) is 2.12. The van der Waals surface area contributed by atoms with Crippen LogP contribution in [0.25, 0.3) is 0 Å². The zero-order valence-corrected chi connectivity index (χ0v) is 9.55. The summed E-state index contributed by atoms with van der Waals surface area (Å²) in [5.41, 5.74) is 3.20. The average molecular weight is 202 g/mol. The van der Waals surface area contributed by atoms with Gasteiger partial charge in [0.15, 0.2) is 5.78 Å². The van der Waals surface area contributed by atoms with Crippen LogP contribution in [-0.2, 0) is 0 Å². The highest BCUT2D eigenvalue weighted by molar-refractivity contribution is 5.98. The van der Waals surface area contributed by atoms with Crippen LogP contribution < -0.4 is 0 Å². The van der Waals surface area contributed by atoms with Crippen LogP contribution in [-0.4, -0.2) is 5.78 Å². The number of hydrogen-bond acceptors (Lipinski definition) is 1. The van der Waals surface area contributed by atoms with E-state index in [1.165, 1.54) is 12.8 Å². The SMILES string of the molecule is Cc1cccc(C)c1C(=O)CCC1CC1. The van der Waals surface area contributed by atoms with Crippen molar-refractivity contribution >= 4 is 5.78 Å². The zero-order chi connectivity index (χ0) is 10.8. The Labute approximate surface area is 91.5 Å². The smallest absolute Gasteiger partial charge is 0.163 e. The molecule has 1 heteroatoms. The van der Waals surface area contributed by atoms with Crippen LogP contribution in [0.5, 0.6) is 0 Å². The Hall–Kier alpha value is -1.11. The molecule has 0 bridgehead atoms. The van der Waals surface area contributed by atoms with Crippen LogP contribution >= 0.6 is 0 Å². The van der Waals surface area contributed by atoms with Gasteiger partial charge in [-0.25, -0.2) is 0 Å². The second-order valence-corrected chi connectivity index (χ2v) is 4.67. The number of carbonyl (C=O) groups is 1. The number of hydrogen-bond donors (Lipinski definition) is 0. The van der Waals surface area contributed by atoms with Crippen molar-refractivity contribution in [2.75, 3.05) is 0 Å². The third kappa shape index (κ3) is 2.47. The summed E-state index contributed by atoms with van der Waals surface area (Å²) in [6.07, 6.45) is 4.49. The molecule has 1 aliphatic rings. The maximum atomic E-state index is 12.0. The summed E-state index contributed by atoms with van der Waals surface area (Å²) in [4.78, 5) is 12.0. The van der Waals surface area contributed by atoms with Gasteiger partial charge < -0.3 is 0 Å². The summed E-state index contributed by atoms with van der Waals surface area (Å²) in [7, 11) is 0. The lowest BCUT2D eigenvalue weighted by molar-refractivity contribution is 0.0977. The molecule has 0 unspecified atom stereocenters. The van der Waals surface area contributed by atoms with E-state index in [4.69, 9.17) is 0 Å². The van der Waals surface area contributed by atoms with Gasteiger partial charge >= 0.3 is 0 Å². The van der Waals surface area contributed by atoms with E-state index in [-0.39, 0.29) is 0 Å². The Morgan fingerprint density at radius 3 is 2.40 bits per heavy atom. The predicted octanol–water partition coefficient (Wildman–Crippen LogP) is 3.68. The van der Waals surface area contributed by atoms with Crippen LogP contribution in [0.15, 0.2) is 18.2 Å². The molecule has 0 saturated heterocycles. The van der Waals surface area contributed by atoms with Crippen molar-refractivity contribution in [3.8, 4) is 0 Å². The van der Waals surface area contributed by atoms with E-state index in [0.717, 1.165) is 35.4 Å². The number of ketones is 1. The second-order valence-electron chi connectivity index (χ2n) is 4.67. The topological polar surface area (TPSA) is 17.1 Å². The van der Waals surface area contributed by atoms with Gasteiger partial charge in [0.25, 0.3) is 0 Å². The highest BCUT2D eigenvalue weighted by atomic mass is 16.1. The Balaban J connectivity index is 2.09. The van der Waals surface area contributed by atoms with E-state index < -0.39 is 0 Å². The lowest BCUT2D eigenvalue weighted by Crippen LogP contribution is -2.04. The molecule has 0 heterocycles. The molecule has 1 fully saturated rings. The standard InChI is InChI=1S/C14H18O/c1-10-4-3-5-11(2)14(10)13(15)9-8-12-6-7-12/h3-5,12H,6-9H2,1-2H3. The monoisotopic (exact) mass is 202 g/mol. The summed E-state index contributed by atoms with van der Waals surface area (Å²) in [6.45, 7) is 4.05. The first-order valence-corrected chi connectivity index (χ1v) is 5.78. The van der Waals surface area contributed by atoms with Gasteiger partial charge in [0, 0.05) is 12.0 Å². The minimum atomic E-state index is 0.331.